The van der Waals surface area contributed by atoms with Crippen LogP contribution in [0.1, 0.15) is 32.3 Å². The summed E-state index contributed by atoms with van der Waals surface area (Å²) in [7, 11) is 0. The third-order valence-corrected chi connectivity index (χ3v) is 4.52. The Balaban J connectivity index is 1.90. The Morgan fingerprint density at radius 1 is 1.36 bits per heavy atom. The van der Waals surface area contributed by atoms with E-state index < -0.39 is 24.1 Å². The van der Waals surface area contributed by atoms with E-state index in [2.05, 4.69) is 5.32 Å². The van der Waals surface area contributed by atoms with E-state index >= 15 is 0 Å². The molecule has 0 spiro atoms. The number of carboxylic acids is 1. The van der Waals surface area contributed by atoms with Crippen molar-refractivity contribution in [2.45, 2.75) is 45.4 Å². The van der Waals surface area contributed by atoms with Gasteiger partial charge >= 0.3 is 12.1 Å². The molecule has 2 N–H and O–H groups in total. The molecular weight excluding hydrogens is 324 g/mol. The SMILES string of the molecule is CC[C@H](C)[C@@H](C(=O)O)N1CC[C@H](NC(=O)OCc2ccccc2)C1=O. The molecule has 1 heterocycles. The van der Waals surface area contributed by atoms with Crippen LogP contribution in [0, 0.1) is 5.92 Å². The molecule has 7 nitrogen and oxygen atoms in total. The van der Waals surface area contributed by atoms with Gasteiger partial charge in [0.1, 0.15) is 18.7 Å². The Hall–Kier alpha value is -2.57. The summed E-state index contributed by atoms with van der Waals surface area (Å²) in [5, 5.41) is 12.0. The molecule has 25 heavy (non-hydrogen) atoms. The first-order valence-electron chi connectivity index (χ1n) is 8.44. The van der Waals surface area contributed by atoms with Crippen molar-refractivity contribution in [1.29, 1.82) is 0 Å². The molecule has 0 unspecified atom stereocenters. The van der Waals surface area contributed by atoms with Crippen LogP contribution in [0.3, 0.4) is 0 Å². The minimum Gasteiger partial charge on any atom is -0.480 e. The van der Waals surface area contributed by atoms with Crippen LogP contribution in [0.15, 0.2) is 30.3 Å². The maximum Gasteiger partial charge on any atom is 0.408 e. The van der Waals surface area contributed by atoms with Gasteiger partial charge in [0.2, 0.25) is 5.91 Å². The van der Waals surface area contributed by atoms with Crippen LogP contribution in [0.25, 0.3) is 0 Å². The van der Waals surface area contributed by atoms with Gasteiger partial charge in [-0.3, -0.25) is 4.79 Å². The predicted octanol–water partition coefficient (Wildman–Crippen LogP) is 2.01. The second-order valence-corrected chi connectivity index (χ2v) is 6.25. The number of carboxylic acid groups (broad SMARTS) is 1. The molecule has 0 aromatic heterocycles. The Bertz CT molecular complexity index is 619. The number of likely N-dealkylation sites (tertiary alicyclic amines) is 1. The number of nitrogens with zero attached hydrogens (tertiary/aromatic N) is 1. The lowest BCUT2D eigenvalue weighted by Crippen LogP contribution is -2.49. The van der Waals surface area contributed by atoms with Gasteiger partial charge in [-0.05, 0) is 17.9 Å². The van der Waals surface area contributed by atoms with Crippen LogP contribution >= 0.6 is 0 Å². The zero-order valence-electron chi connectivity index (χ0n) is 14.5. The fourth-order valence-electron chi connectivity index (χ4n) is 2.93. The zero-order chi connectivity index (χ0) is 18.4. The lowest BCUT2D eigenvalue weighted by molar-refractivity contribution is -0.150. The van der Waals surface area contributed by atoms with Crippen molar-refractivity contribution in [2.24, 2.45) is 5.92 Å². The number of carbonyl (C=O) groups excluding carboxylic acids is 2. The van der Waals surface area contributed by atoms with Crippen molar-refractivity contribution in [3.63, 3.8) is 0 Å². The van der Waals surface area contributed by atoms with Crippen LogP contribution < -0.4 is 5.32 Å². The Kier molecular flexibility index (Phi) is 6.38. The lowest BCUT2D eigenvalue weighted by atomic mass is 9.98. The molecule has 0 radical (unpaired) electrons. The third-order valence-electron chi connectivity index (χ3n) is 4.52. The van der Waals surface area contributed by atoms with Gasteiger partial charge in [-0.25, -0.2) is 9.59 Å². The number of rotatable bonds is 7. The van der Waals surface area contributed by atoms with Crippen LogP contribution in [0.5, 0.6) is 0 Å². The van der Waals surface area contributed by atoms with Crippen LogP contribution in [-0.2, 0) is 20.9 Å². The molecule has 1 aliphatic heterocycles. The fraction of sp³-hybridized carbons (Fsp3) is 0.500. The minimum absolute atomic E-state index is 0.113. The number of amides is 2. The van der Waals surface area contributed by atoms with Crippen LogP contribution in [0.4, 0.5) is 4.79 Å². The number of hydrogen-bond acceptors (Lipinski definition) is 4. The summed E-state index contributed by atoms with van der Waals surface area (Å²) in [6, 6.07) is 7.61. The highest BCUT2D eigenvalue weighted by Crippen LogP contribution is 2.22. The predicted molar refractivity (Wildman–Crippen MR) is 90.8 cm³/mol. The summed E-state index contributed by atoms with van der Waals surface area (Å²) in [4.78, 5) is 37.2. The number of hydrogen-bond donors (Lipinski definition) is 2. The number of alkyl carbamates (subject to hydrolysis) is 1. The first kappa shape index (κ1) is 18.8. The highest BCUT2D eigenvalue weighted by molar-refractivity contribution is 5.91. The zero-order valence-corrected chi connectivity index (χ0v) is 14.5. The molecule has 0 saturated carbocycles. The van der Waals surface area contributed by atoms with Gasteiger partial charge in [0.05, 0.1) is 0 Å². The molecule has 0 bridgehead atoms. The van der Waals surface area contributed by atoms with E-state index in [0.29, 0.717) is 19.4 Å². The third kappa shape index (κ3) is 4.71. The molecule has 1 saturated heterocycles. The molecular formula is C18H24N2O5. The Morgan fingerprint density at radius 3 is 2.64 bits per heavy atom. The number of carbonyl (C=O) groups is 3. The molecule has 2 amide bonds. The minimum atomic E-state index is -1.02. The molecule has 7 heteroatoms. The lowest BCUT2D eigenvalue weighted by Gasteiger charge is -2.29. The topological polar surface area (TPSA) is 95.9 Å². The summed E-state index contributed by atoms with van der Waals surface area (Å²) in [6.07, 6.45) is 0.344. The molecule has 2 rings (SSSR count). The quantitative estimate of drug-likeness (QED) is 0.786. The Labute approximate surface area is 147 Å². The average Bonchev–Trinajstić information content (AvgIpc) is 2.94. The second kappa shape index (κ2) is 8.50. The number of aliphatic carboxylic acids is 1. The van der Waals surface area contributed by atoms with Gasteiger partial charge in [0.15, 0.2) is 0 Å². The second-order valence-electron chi connectivity index (χ2n) is 6.25. The normalized spacial score (nSPS) is 19.4. The highest BCUT2D eigenvalue weighted by Gasteiger charge is 2.41. The standard InChI is InChI=1S/C18H24N2O5/c1-3-12(2)15(17(22)23)20-10-9-14(16(20)21)19-18(24)25-11-13-7-5-4-6-8-13/h4-8,12,14-15H,3,9-11H2,1-2H3,(H,19,24)(H,22,23)/t12-,14-,15-/m0/s1. The number of benzene rings is 1. The van der Waals surface area contributed by atoms with Gasteiger partial charge < -0.3 is 20.1 Å². The van der Waals surface area contributed by atoms with E-state index in [9.17, 15) is 19.5 Å². The van der Waals surface area contributed by atoms with E-state index in [1.54, 1.807) is 6.92 Å². The first-order valence-corrected chi connectivity index (χ1v) is 8.44. The largest absolute Gasteiger partial charge is 0.480 e. The van der Waals surface area contributed by atoms with Gasteiger partial charge in [-0.1, -0.05) is 50.6 Å². The first-order chi connectivity index (χ1) is 11.9. The summed E-state index contributed by atoms with van der Waals surface area (Å²) >= 11 is 0. The van der Waals surface area contributed by atoms with E-state index in [0.717, 1.165) is 5.56 Å². The average molecular weight is 348 g/mol. The molecule has 1 aliphatic rings. The van der Waals surface area contributed by atoms with E-state index in [4.69, 9.17) is 4.74 Å². The maximum absolute atomic E-state index is 12.5. The molecule has 1 fully saturated rings. The molecule has 3 atom stereocenters. The van der Waals surface area contributed by atoms with E-state index in [-0.39, 0.29) is 18.4 Å². The Morgan fingerprint density at radius 2 is 2.04 bits per heavy atom. The summed E-state index contributed by atoms with van der Waals surface area (Å²) in [6.45, 7) is 4.12. The number of ether oxygens (including phenoxy) is 1. The molecule has 1 aromatic carbocycles. The van der Waals surface area contributed by atoms with Crippen molar-refractivity contribution < 1.29 is 24.2 Å². The van der Waals surface area contributed by atoms with Crippen molar-refractivity contribution >= 4 is 18.0 Å². The van der Waals surface area contributed by atoms with Gasteiger partial charge in [-0.15, -0.1) is 0 Å². The van der Waals surface area contributed by atoms with Crippen molar-refractivity contribution in [3.05, 3.63) is 35.9 Å². The van der Waals surface area contributed by atoms with Gasteiger partial charge in [-0.2, -0.15) is 0 Å². The molecule has 1 aromatic rings. The fourth-order valence-corrected chi connectivity index (χ4v) is 2.93. The summed E-state index contributed by atoms with van der Waals surface area (Å²) < 4.78 is 5.11. The number of nitrogens with one attached hydrogen (secondary N) is 1. The highest BCUT2D eigenvalue weighted by atomic mass is 16.5. The van der Waals surface area contributed by atoms with Crippen LogP contribution in [0.2, 0.25) is 0 Å². The monoisotopic (exact) mass is 348 g/mol. The van der Waals surface area contributed by atoms with E-state index in [1.165, 1.54) is 4.90 Å². The van der Waals surface area contributed by atoms with Crippen LogP contribution in [-0.4, -0.2) is 46.6 Å². The maximum atomic E-state index is 12.5. The summed E-state index contributed by atoms with van der Waals surface area (Å²) in [5.41, 5.74) is 0.847. The smallest absolute Gasteiger partial charge is 0.408 e. The van der Waals surface area contributed by atoms with Crippen molar-refractivity contribution in [1.82, 2.24) is 10.2 Å². The molecule has 136 valence electrons. The van der Waals surface area contributed by atoms with Crippen molar-refractivity contribution in [2.75, 3.05) is 6.54 Å². The van der Waals surface area contributed by atoms with E-state index in [1.807, 2.05) is 37.3 Å². The van der Waals surface area contributed by atoms with Crippen molar-refractivity contribution in [3.8, 4) is 0 Å². The molecule has 0 aliphatic carbocycles. The van der Waals surface area contributed by atoms with Gasteiger partial charge in [0.25, 0.3) is 0 Å². The van der Waals surface area contributed by atoms with Gasteiger partial charge in [0, 0.05) is 6.54 Å². The summed E-state index contributed by atoms with van der Waals surface area (Å²) in [5.74, 6) is -1.55.